The highest BCUT2D eigenvalue weighted by Gasteiger charge is 2.24. The summed E-state index contributed by atoms with van der Waals surface area (Å²) in [6.45, 7) is 2.35. The number of ether oxygens (including phenoxy) is 3. The maximum absolute atomic E-state index is 14.0. The van der Waals surface area contributed by atoms with Crippen molar-refractivity contribution >= 4 is 63.1 Å². The van der Waals surface area contributed by atoms with Crippen molar-refractivity contribution in [2.45, 2.75) is 13.5 Å². The lowest BCUT2D eigenvalue weighted by molar-refractivity contribution is -0.129. The molecule has 0 spiro atoms. The standard InChI is InChI=1S/C25H18FI2NO4/c1-2-31-22-13-15(11-20(28)23(22)32-14-17-5-3-4-6-19(17)26)12-21-25(30)33-24(29-21)16-7-9-18(27)10-8-16/h3-13H,2,14H2,1H3/b21-12-. The van der Waals surface area contributed by atoms with Crippen LogP contribution in [-0.2, 0) is 16.1 Å². The van der Waals surface area contributed by atoms with Crippen LogP contribution in [0.2, 0.25) is 0 Å². The first-order chi connectivity index (χ1) is 15.9. The molecule has 0 atom stereocenters. The highest BCUT2D eigenvalue weighted by molar-refractivity contribution is 14.1. The Balaban J connectivity index is 1.61. The maximum Gasteiger partial charge on any atom is 0.363 e. The van der Waals surface area contributed by atoms with Gasteiger partial charge < -0.3 is 14.2 Å². The van der Waals surface area contributed by atoms with Crippen LogP contribution in [0.4, 0.5) is 4.39 Å². The summed E-state index contributed by atoms with van der Waals surface area (Å²) in [7, 11) is 0. The Morgan fingerprint density at radius 3 is 2.55 bits per heavy atom. The fourth-order valence-electron chi connectivity index (χ4n) is 3.12. The van der Waals surface area contributed by atoms with Gasteiger partial charge in [0.05, 0.1) is 10.2 Å². The SMILES string of the molecule is CCOc1cc(/C=C2\N=C(c3ccc(I)cc3)OC2=O)cc(I)c1OCc1ccccc1F. The normalized spacial score (nSPS) is 14.2. The minimum Gasteiger partial charge on any atom is -0.490 e. The molecule has 0 saturated carbocycles. The number of rotatable bonds is 7. The number of cyclic esters (lactones) is 1. The Morgan fingerprint density at radius 1 is 1.06 bits per heavy atom. The Bertz CT molecular complexity index is 1260. The van der Waals surface area contributed by atoms with E-state index in [-0.39, 0.29) is 24.0 Å². The second kappa shape index (κ2) is 10.6. The van der Waals surface area contributed by atoms with Crippen molar-refractivity contribution in [3.8, 4) is 11.5 Å². The molecule has 0 aliphatic carbocycles. The van der Waals surface area contributed by atoms with Crippen LogP contribution in [0.1, 0.15) is 23.6 Å². The second-order valence-corrected chi connectivity index (χ2v) is 9.39. The number of halogens is 3. The average Bonchev–Trinajstić information content (AvgIpc) is 3.15. The number of hydrogen-bond acceptors (Lipinski definition) is 5. The van der Waals surface area contributed by atoms with Crippen molar-refractivity contribution < 1.29 is 23.4 Å². The zero-order valence-electron chi connectivity index (χ0n) is 17.5. The van der Waals surface area contributed by atoms with Crippen molar-refractivity contribution in [3.63, 3.8) is 0 Å². The molecule has 0 aromatic heterocycles. The summed E-state index contributed by atoms with van der Waals surface area (Å²) in [4.78, 5) is 16.7. The van der Waals surface area contributed by atoms with Crippen LogP contribution < -0.4 is 9.47 Å². The topological polar surface area (TPSA) is 57.1 Å². The summed E-state index contributed by atoms with van der Waals surface area (Å²) in [6, 6.07) is 17.6. The molecule has 0 fully saturated rings. The fourth-order valence-corrected chi connectivity index (χ4v) is 4.26. The van der Waals surface area contributed by atoms with E-state index in [2.05, 4.69) is 50.2 Å². The van der Waals surface area contributed by atoms with Gasteiger partial charge in [0.15, 0.2) is 17.2 Å². The fraction of sp³-hybridized carbons (Fsp3) is 0.120. The molecule has 168 valence electrons. The number of esters is 1. The highest BCUT2D eigenvalue weighted by Crippen LogP contribution is 2.36. The predicted octanol–water partition coefficient (Wildman–Crippen LogP) is 6.36. The van der Waals surface area contributed by atoms with Crippen LogP contribution in [0.15, 0.2) is 71.4 Å². The first kappa shape index (κ1) is 23.7. The molecular formula is C25H18FI2NO4. The van der Waals surface area contributed by atoms with Crippen LogP contribution in [0.5, 0.6) is 11.5 Å². The summed E-state index contributed by atoms with van der Waals surface area (Å²) < 4.78 is 32.8. The van der Waals surface area contributed by atoms with Gasteiger partial charge >= 0.3 is 5.97 Å². The molecule has 4 rings (SSSR count). The molecule has 3 aromatic rings. The molecule has 0 bridgehead atoms. The van der Waals surface area contributed by atoms with Gasteiger partial charge in [0.1, 0.15) is 12.4 Å². The van der Waals surface area contributed by atoms with E-state index in [1.165, 1.54) is 6.07 Å². The smallest absolute Gasteiger partial charge is 0.363 e. The van der Waals surface area contributed by atoms with Crippen LogP contribution >= 0.6 is 45.2 Å². The van der Waals surface area contributed by atoms with Crippen molar-refractivity contribution in [2.24, 2.45) is 4.99 Å². The van der Waals surface area contributed by atoms with E-state index in [9.17, 15) is 9.18 Å². The Labute approximate surface area is 217 Å². The summed E-state index contributed by atoms with van der Waals surface area (Å²) in [5.74, 6) is 0.442. The third kappa shape index (κ3) is 5.72. The number of hydrogen-bond donors (Lipinski definition) is 0. The highest BCUT2D eigenvalue weighted by atomic mass is 127. The second-order valence-electron chi connectivity index (χ2n) is 6.99. The van der Waals surface area contributed by atoms with E-state index in [1.54, 1.807) is 30.3 Å². The zero-order valence-corrected chi connectivity index (χ0v) is 21.8. The zero-order chi connectivity index (χ0) is 23.4. The summed E-state index contributed by atoms with van der Waals surface area (Å²) in [5.41, 5.74) is 2.09. The average molecular weight is 669 g/mol. The third-order valence-electron chi connectivity index (χ3n) is 4.68. The van der Waals surface area contributed by atoms with Gasteiger partial charge in [0.25, 0.3) is 0 Å². The summed E-state index contributed by atoms with van der Waals surface area (Å²) >= 11 is 4.34. The van der Waals surface area contributed by atoms with E-state index >= 15 is 0 Å². The molecule has 0 saturated heterocycles. The van der Waals surface area contributed by atoms with E-state index in [0.29, 0.717) is 29.2 Å². The molecule has 1 aliphatic heterocycles. The van der Waals surface area contributed by atoms with E-state index < -0.39 is 5.97 Å². The van der Waals surface area contributed by atoms with Gasteiger partial charge in [-0.15, -0.1) is 0 Å². The first-order valence-corrected chi connectivity index (χ1v) is 12.2. The molecule has 0 radical (unpaired) electrons. The first-order valence-electron chi connectivity index (χ1n) is 10.1. The lowest BCUT2D eigenvalue weighted by Gasteiger charge is -2.15. The molecule has 5 nitrogen and oxygen atoms in total. The number of carbonyl (C=O) groups excluding carboxylic acids is 1. The molecular weight excluding hydrogens is 651 g/mol. The van der Waals surface area contributed by atoms with Crippen LogP contribution in [0.3, 0.4) is 0 Å². The van der Waals surface area contributed by atoms with E-state index in [0.717, 1.165) is 12.7 Å². The minimum absolute atomic E-state index is 0.0686. The van der Waals surface area contributed by atoms with Crippen molar-refractivity contribution in [2.75, 3.05) is 6.61 Å². The van der Waals surface area contributed by atoms with Gasteiger partial charge in [0.2, 0.25) is 5.90 Å². The van der Waals surface area contributed by atoms with Crippen molar-refractivity contribution in [1.29, 1.82) is 0 Å². The Kier molecular flexibility index (Phi) is 7.63. The van der Waals surface area contributed by atoms with Gasteiger partial charge in [-0.3, -0.25) is 0 Å². The quantitative estimate of drug-likeness (QED) is 0.167. The molecule has 0 unspecified atom stereocenters. The monoisotopic (exact) mass is 669 g/mol. The molecule has 0 amide bonds. The minimum atomic E-state index is -0.517. The molecule has 3 aromatic carbocycles. The Hall–Kier alpha value is -2.47. The van der Waals surface area contributed by atoms with Crippen LogP contribution in [0.25, 0.3) is 6.08 Å². The molecule has 0 N–H and O–H groups in total. The summed E-state index contributed by atoms with van der Waals surface area (Å²) in [5, 5.41) is 0. The van der Waals surface area contributed by atoms with E-state index in [4.69, 9.17) is 14.2 Å². The molecule has 8 heteroatoms. The van der Waals surface area contributed by atoms with Crippen molar-refractivity contribution in [1.82, 2.24) is 0 Å². The number of benzene rings is 3. The third-order valence-corrected chi connectivity index (χ3v) is 6.20. The lowest BCUT2D eigenvalue weighted by Crippen LogP contribution is -2.05. The maximum atomic E-state index is 14.0. The van der Waals surface area contributed by atoms with Gasteiger partial charge in [-0.2, -0.15) is 0 Å². The van der Waals surface area contributed by atoms with Crippen LogP contribution in [-0.4, -0.2) is 18.5 Å². The Morgan fingerprint density at radius 2 is 1.82 bits per heavy atom. The molecule has 33 heavy (non-hydrogen) atoms. The summed E-state index contributed by atoms with van der Waals surface area (Å²) in [6.07, 6.45) is 1.65. The van der Waals surface area contributed by atoms with Gasteiger partial charge in [-0.1, -0.05) is 18.2 Å². The number of nitrogens with zero attached hydrogens (tertiary/aromatic N) is 1. The lowest BCUT2D eigenvalue weighted by atomic mass is 10.1. The largest absolute Gasteiger partial charge is 0.490 e. The molecule has 1 heterocycles. The van der Waals surface area contributed by atoms with E-state index in [1.807, 2.05) is 37.3 Å². The van der Waals surface area contributed by atoms with Crippen LogP contribution in [0, 0.1) is 13.0 Å². The van der Waals surface area contributed by atoms with Gasteiger partial charge in [0, 0.05) is 14.7 Å². The van der Waals surface area contributed by atoms with Gasteiger partial charge in [-0.05, 0) is 106 Å². The number of carbonyl (C=O) groups is 1. The van der Waals surface area contributed by atoms with Gasteiger partial charge in [-0.25, -0.2) is 14.2 Å². The predicted molar refractivity (Wildman–Crippen MR) is 141 cm³/mol. The van der Waals surface area contributed by atoms with Crippen molar-refractivity contribution in [3.05, 3.63) is 96.0 Å². The molecule has 1 aliphatic rings. The number of aliphatic imine (C=N–C) groups is 1.